The van der Waals surface area contributed by atoms with Crippen molar-refractivity contribution < 1.29 is 14.2 Å². The van der Waals surface area contributed by atoms with Gasteiger partial charge in [-0.3, -0.25) is 0 Å². The van der Waals surface area contributed by atoms with Crippen LogP contribution in [0.3, 0.4) is 0 Å². The molecule has 0 aliphatic carbocycles. The Labute approximate surface area is 482 Å². The fraction of sp³-hybridized carbons (Fsp3) is 0. The van der Waals surface area contributed by atoms with Gasteiger partial charge in [0.2, 0.25) is 0 Å². The largest absolute Gasteiger partial charge is 0.458 e. The zero-order valence-corrected chi connectivity index (χ0v) is 45.9. The Morgan fingerprint density at radius 2 is 0.573 bits per heavy atom. The van der Waals surface area contributed by atoms with Crippen LogP contribution in [0.4, 0.5) is 17.1 Å². The lowest BCUT2D eigenvalue weighted by Gasteiger charge is -2.51. The highest BCUT2D eigenvalue weighted by Gasteiger charge is 2.55. The van der Waals surface area contributed by atoms with Crippen LogP contribution in [-0.2, 0) is 0 Å². The van der Waals surface area contributed by atoms with Gasteiger partial charge in [-0.2, -0.15) is 0 Å². The van der Waals surface area contributed by atoms with Gasteiger partial charge in [0, 0.05) is 77.6 Å². The Morgan fingerprint density at radius 3 is 0.915 bits per heavy atom. The lowest BCUT2D eigenvalue weighted by Crippen LogP contribution is -2.72. The minimum Gasteiger partial charge on any atom is -0.458 e. The summed E-state index contributed by atoms with van der Waals surface area (Å²) < 4.78 is 29.8. The van der Waals surface area contributed by atoms with E-state index in [2.05, 4.69) is 223 Å². The topological polar surface area (TPSA) is 30.9 Å². The lowest BCUT2D eigenvalue weighted by atomic mass is 9.25. The van der Waals surface area contributed by atoms with Gasteiger partial charge in [0.25, 0.3) is 20.1 Å². The van der Waals surface area contributed by atoms with Crippen LogP contribution < -0.4 is 68.3 Å². The molecule has 82 heavy (non-hydrogen) atoms. The molecule has 0 radical (unpaired) electrons. The fourth-order valence-corrected chi connectivity index (χ4v) is 19.2. The minimum absolute atomic E-state index is 0.0968. The van der Waals surface area contributed by atoms with Crippen LogP contribution in [0.15, 0.2) is 218 Å². The Morgan fingerprint density at radius 1 is 0.268 bits per heavy atom. The monoisotopic (exact) mass is 1090 g/mol. The van der Waals surface area contributed by atoms with Gasteiger partial charge in [0.1, 0.15) is 34.5 Å². The van der Waals surface area contributed by atoms with Crippen molar-refractivity contribution in [3.8, 4) is 67.9 Å². The number of rotatable bonds is 3. The number of nitrogens with zero attached hydrogens (tertiary/aromatic N) is 1. The van der Waals surface area contributed by atoms with Gasteiger partial charge in [0.05, 0.1) is 0 Å². The Bertz CT molecular complexity index is 4980. The average molecular weight is 1090 g/mol. The van der Waals surface area contributed by atoms with E-state index in [0.717, 1.165) is 51.2 Å². The van der Waals surface area contributed by atoms with Gasteiger partial charge in [0.15, 0.2) is 0 Å². The maximum atomic E-state index is 7.32. The summed E-state index contributed by atoms with van der Waals surface area (Å²) in [6.07, 6.45) is 0. The van der Waals surface area contributed by atoms with Crippen molar-refractivity contribution in [3.05, 3.63) is 218 Å². The Hall–Kier alpha value is -9.31. The average Bonchev–Trinajstić information content (AvgIpc) is 1.07. The number of hydrogen-bond acceptors (Lipinski definition) is 7. The zero-order chi connectivity index (χ0) is 52.8. The molecule has 374 valence electrons. The van der Waals surface area contributed by atoms with E-state index in [9.17, 15) is 0 Å². The Kier molecular flexibility index (Phi) is 8.15. The molecule has 3 aromatic heterocycles. The van der Waals surface area contributed by atoms with Crippen LogP contribution in [0.1, 0.15) is 0 Å². The summed E-state index contributed by atoms with van der Waals surface area (Å²) in [5.74, 6) is 5.42. The molecule has 0 unspecified atom stereocenters. The van der Waals surface area contributed by atoms with Crippen LogP contribution in [0.25, 0.3) is 93.9 Å². The van der Waals surface area contributed by atoms with Crippen molar-refractivity contribution in [2.24, 2.45) is 0 Å². The third-order valence-corrected chi connectivity index (χ3v) is 22.5. The number of ether oxygens (including phenoxy) is 3. The summed E-state index contributed by atoms with van der Waals surface area (Å²) in [4.78, 5) is 2.61. The van der Waals surface area contributed by atoms with Gasteiger partial charge in [-0.15, -0.1) is 34.0 Å². The molecule has 4 nitrogen and oxygen atoms in total. The van der Waals surface area contributed by atoms with E-state index in [0.29, 0.717) is 0 Å². The first-order valence-electron chi connectivity index (χ1n) is 28.1. The third kappa shape index (κ3) is 5.42. The van der Waals surface area contributed by atoms with E-state index < -0.39 is 0 Å². The summed E-state index contributed by atoms with van der Waals surface area (Å²) in [6.45, 7) is -0.291. The van der Waals surface area contributed by atoms with E-state index in [1.165, 1.54) is 143 Å². The summed E-state index contributed by atoms with van der Waals surface area (Å²) in [5, 5.41) is 7.78. The van der Waals surface area contributed by atoms with Crippen LogP contribution in [0.2, 0.25) is 0 Å². The second kappa shape index (κ2) is 15.4. The summed E-state index contributed by atoms with van der Waals surface area (Å²) in [5.41, 5.74) is 21.8. The Balaban J connectivity index is 0.787. The van der Waals surface area contributed by atoms with Crippen LogP contribution >= 0.6 is 34.0 Å². The molecule has 0 saturated heterocycles. The highest BCUT2D eigenvalue weighted by atomic mass is 32.1. The maximum Gasteiger partial charge on any atom is 0.256 e. The summed E-state index contributed by atoms with van der Waals surface area (Å²) in [7, 11) is 0. The van der Waals surface area contributed by atoms with Gasteiger partial charge in [-0.05, 0) is 137 Å². The molecule has 12 aromatic carbocycles. The molecular weight excluding hydrogens is 1060 g/mol. The van der Waals surface area contributed by atoms with Crippen molar-refractivity contribution in [2.75, 3.05) is 4.90 Å². The van der Waals surface area contributed by atoms with E-state index in [1.807, 2.05) is 34.0 Å². The highest BCUT2D eigenvalue weighted by molar-refractivity contribution is 7.27. The smallest absolute Gasteiger partial charge is 0.256 e. The highest BCUT2D eigenvalue weighted by Crippen LogP contribution is 2.50. The van der Waals surface area contributed by atoms with E-state index in [-0.39, 0.29) is 20.1 Å². The lowest BCUT2D eigenvalue weighted by molar-refractivity contribution is 0.486. The molecule has 0 fully saturated rings. The second-order valence-electron chi connectivity index (χ2n) is 22.8. The van der Waals surface area contributed by atoms with Gasteiger partial charge in [-0.25, -0.2) is 0 Å². The second-order valence-corrected chi connectivity index (χ2v) is 25.9. The molecule has 0 amide bonds. The van der Waals surface area contributed by atoms with E-state index in [4.69, 9.17) is 14.2 Å². The van der Waals surface area contributed by atoms with Crippen molar-refractivity contribution in [3.63, 3.8) is 0 Å². The SMILES string of the molecule is c1ccc2c(c1)sc1c(-c3ccc4c(c3)Oc3ccc5c6c3B4c3ccc4c7c3N6c3c(ccc6c3B5c3ccc(-c5cccc8c5sc5ccccc58)cc3O6)B7c3ccc(-c5cccc6c5sc5ccccc56)cc3O4)cccc12. The molecule has 10 heteroatoms. The fourth-order valence-electron chi connectivity index (χ4n) is 15.5. The summed E-state index contributed by atoms with van der Waals surface area (Å²) >= 11 is 5.61. The third-order valence-electron chi connectivity index (χ3n) is 18.9. The number of thiophene rings is 3. The van der Waals surface area contributed by atoms with Crippen molar-refractivity contribution >= 4 is 181 Å². The molecule has 0 bridgehead atoms. The molecule has 9 heterocycles. The molecule has 0 atom stereocenters. The van der Waals surface area contributed by atoms with Gasteiger partial charge < -0.3 is 19.1 Å². The first-order chi connectivity index (χ1) is 40.6. The van der Waals surface area contributed by atoms with Crippen LogP contribution in [0.5, 0.6) is 34.5 Å². The van der Waals surface area contributed by atoms with Crippen molar-refractivity contribution in [1.29, 1.82) is 0 Å². The molecule has 15 aromatic rings. The van der Waals surface area contributed by atoms with Gasteiger partial charge in [-0.1, -0.05) is 164 Å². The van der Waals surface area contributed by atoms with Crippen molar-refractivity contribution in [2.45, 2.75) is 0 Å². The molecule has 0 spiro atoms. The predicted molar refractivity (Wildman–Crippen MR) is 350 cm³/mol. The maximum absolute atomic E-state index is 7.32. The number of benzene rings is 12. The van der Waals surface area contributed by atoms with E-state index >= 15 is 0 Å². The molecule has 0 N–H and O–H groups in total. The van der Waals surface area contributed by atoms with E-state index in [1.54, 1.807) is 0 Å². The van der Waals surface area contributed by atoms with Crippen molar-refractivity contribution in [1.82, 2.24) is 0 Å². The molecular formula is C72H36B3NO3S3. The van der Waals surface area contributed by atoms with Crippen LogP contribution in [0, 0.1) is 0 Å². The predicted octanol–water partition coefficient (Wildman–Crippen LogP) is 14.1. The normalized spacial score (nSPS) is 14.0. The first kappa shape index (κ1) is 43.5. The molecule has 0 saturated carbocycles. The standard InChI is InChI=1S/C72H36B3NO3S3/c1-4-19-61-43(10-1)46-16-7-13-40(70(46)80-61)37-22-25-49-58(34-37)77-55-31-28-53-68-64(55)73(49)52-29-32-56-65-67(52)76(68)69-54(75(65)51-27-24-39(36-60(51)78-56)42-15-9-18-48-45-12-3-6-21-63(45)82-72(42)48)30-33-57-66(69)74(53)50-26-23-38(35-59(50)79-57)41-14-8-17-47-44-11-2-5-20-62(44)81-71(41)47/h1-36H. The first-order valence-corrected chi connectivity index (χ1v) is 30.6. The minimum atomic E-state index is -0.0968. The van der Waals surface area contributed by atoms with Crippen LogP contribution in [-0.4, -0.2) is 20.1 Å². The summed E-state index contributed by atoms with van der Waals surface area (Å²) in [6, 6.07) is 81.4. The quantitative estimate of drug-likeness (QED) is 0.165. The number of hydrogen-bond donors (Lipinski definition) is 0. The molecule has 6 aliphatic heterocycles. The number of anilines is 3. The number of fused-ring (bicyclic) bond motifs is 18. The molecule has 6 aliphatic rings. The van der Waals surface area contributed by atoms with Gasteiger partial charge >= 0.3 is 0 Å². The zero-order valence-electron chi connectivity index (χ0n) is 43.4. The molecule has 21 rings (SSSR count).